The highest BCUT2D eigenvalue weighted by molar-refractivity contribution is 7.80. The molecule has 0 aliphatic carbocycles. The first-order chi connectivity index (χ1) is 11.8. The van der Waals surface area contributed by atoms with Gasteiger partial charge in [0.1, 0.15) is 0 Å². The van der Waals surface area contributed by atoms with Gasteiger partial charge < -0.3 is 20.3 Å². The summed E-state index contributed by atoms with van der Waals surface area (Å²) in [5.74, 6) is -1.00. The summed E-state index contributed by atoms with van der Waals surface area (Å²) in [6.45, 7) is 2.24. The van der Waals surface area contributed by atoms with Crippen molar-refractivity contribution in [3.8, 4) is 0 Å². The number of ether oxygens (including phenoxy) is 1. The van der Waals surface area contributed by atoms with Gasteiger partial charge in [-0.3, -0.25) is 14.4 Å². The first kappa shape index (κ1) is 20.6. The topological polar surface area (TPSA) is 87.7 Å². The minimum Gasteiger partial charge on any atom is -0.466 e. The van der Waals surface area contributed by atoms with E-state index in [-0.39, 0.29) is 23.9 Å². The first-order valence-electron chi connectivity index (χ1n) is 7.92. The van der Waals surface area contributed by atoms with Crippen molar-refractivity contribution < 1.29 is 19.1 Å². The molecular weight excluding hydrogens is 342 g/mol. The molecule has 0 spiro atoms. The van der Waals surface area contributed by atoms with Gasteiger partial charge in [-0.1, -0.05) is 19.1 Å². The number of carbonyl (C=O) groups is 3. The molecule has 0 saturated heterocycles. The van der Waals surface area contributed by atoms with Crippen molar-refractivity contribution in [3.05, 3.63) is 29.8 Å². The molecule has 25 heavy (non-hydrogen) atoms. The lowest BCUT2D eigenvalue weighted by Crippen LogP contribution is -2.35. The summed E-state index contributed by atoms with van der Waals surface area (Å²) < 4.78 is 4.90. The van der Waals surface area contributed by atoms with Gasteiger partial charge >= 0.3 is 5.97 Å². The molecule has 0 heterocycles. The number of nitrogens with one attached hydrogen (secondary N) is 2. The van der Waals surface area contributed by atoms with Gasteiger partial charge in [-0.25, -0.2) is 0 Å². The van der Waals surface area contributed by atoms with Gasteiger partial charge in [0, 0.05) is 20.5 Å². The second kappa shape index (κ2) is 10.4. The number of hydrogen-bond acceptors (Lipinski definition) is 5. The fourth-order valence-corrected chi connectivity index (χ4v) is 2.09. The number of benzene rings is 1. The Morgan fingerprint density at radius 3 is 2.48 bits per heavy atom. The zero-order valence-electron chi connectivity index (χ0n) is 14.6. The number of rotatable bonds is 7. The Morgan fingerprint density at radius 1 is 1.16 bits per heavy atom. The van der Waals surface area contributed by atoms with E-state index >= 15 is 0 Å². The maximum atomic E-state index is 12.1. The van der Waals surface area contributed by atoms with Crippen LogP contribution in [0.2, 0.25) is 0 Å². The van der Waals surface area contributed by atoms with Gasteiger partial charge in [0.05, 0.1) is 24.3 Å². The Hall–Kier alpha value is -2.48. The maximum Gasteiger partial charge on any atom is 0.306 e. The smallest absolute Gasteiger partial charge is 0.306 e. The van der Waals surface area contributed by atoms with E-state index in [0.717, 1.165) is 6.42 Å². The number of thiocarbonyl (C=S) groups is 1. The molecule has 1 aromatic rings. The summed E-state index contributed by atoms with van der Waals surface area (Å²) in [6, 6.07) is 6.85. The van der Waals surface area contributed by atoms with Crippen molar-refractivity contribution in [1.29, 1.82) is 0 Å². The Morgan fingerprint density at radius 2 is 1.84 bits per heavy atom. The van der Waals surface area contributed by atoms with Crippen molar-refractivity contribution in [3.63, 3.8) is 0 Å². The third-order valence-electron chi connectivity index (χ3n) is 3.09. The lowest BCUT2D eigenvalue weighted by Gasteiger charge is -2.16. The lowest BCUT2D eigenvalue weighted by atomic mass is 10.1. The molecule has 8 heteroatoms. The number of nitrogens with zero attached hydrogens (tertiary/aromatic N) is 1. The minimum atomic E-state index is -0.419. The van der Waals surface area contributed by atoms with E-state index in [9.17, 15) is 14.4 Å². The van der Waals surface area contributed by atoms with Crippen molar-refractivity contribution in [2.75, 3.05) is 26.0 Å². The third-order valence-corrected chi connectivity index (χ3v) is 3.29. The van der Waals surface area contributed by atoms with E-state index in [1.165, 1.54) is 4.90 Å². The number of amides is 2. The largest absolute Gasteiger partial charge is 0.466 e. The SMILES string of the molecule is CCCOC(=O)CCC(=O)NC(=S)Nc1ccccc1C(=O)N(C)C. The van der Waals surface area contributed by atoms with Gasteiger partial charge in [0.2, 0.25) is 5.91 Å². The van der Waals surface area contributed by atoms with Gasteiger partial charge in [-0.2, -0.15) is 0 Å². The molecule has 0 atom stereocenters. The molecule has 0 aromatic heterocycles. The summed E-state index contributed by atoms with van der Waals surface area (Å²) in [6.07, 6.45) is 0.698. The summed E-state index contributed by atoms with van der Waals surface area (Å²) in [5.41, 5.74) is 0.932. The zero-order chi connectivity index (χ0) is 18.8. The normalized spacial score (nSPS) is 9.88. The summed E-state index contributed by atoms with van der Waals surface area (Å²) in [5, 5.41) is 5.38. The van der Waals surface area contributed by atoms with Gasteiger partial charge in [0.25, 0.3) is 5.91 Å². The number of hydrogen-bond donors (Lipinski definition) is 2. The van der Waals surface area contributed by atoms with Crippen molar-refractivity contribution in [2.24, 2.45) is 0 Å². The van der Waals surface area contributed by atoms with Crippen LogP contribution < -0.4 is 10.6 Å². The second-order valence-corrected chi connectivity index (χ2v) is 5.88. The standard InChI is InChI=1S/C17H23N3O4S/c1-4-11-24-15(22)10-9-14(21)19-17(25)18-13-8-6-5-7-12(13)16(23)20(2)3/h5-8H,4,9-11H2,1-3H3,(H2,18,19,21,25). The molecule has 0 aliphatic rings. The van der Waals surface area contributed by atoms with E-state index in [2.05, 4.69) is 10.6 Å². The summed E-state index contributed by atoms with van der Waals surface area (Å²) >= 11 is 5.09. The van der Waals surface area contributed by atoms with Gasteiger partial charge in [0.15, 0.2) is 5.11 Å². The lowest BCUT2D eigenvalue weighted by molar-refractivity contribution is -0.144. The molecule has 0 unspecified atom stereocenters. The molecule has 0 saturated carbocycles. The Kier molecular flexibility index (Phi) is 8.55. The van der Waals surface area contributed by atoms with E-state index in [0.29, 0.717) is 17.9 Å². The number of carbonyl (C=O) groups excluding carboxylic acids is 3. The summed E-state index contributed by atoms with van der Waals surface area (Å²) in [7, 11) is 3.30. The highest BCUT2D eigenvalue weighted by Gasteiger charge is 2.14. The fourth-order valence-electron chi connectivity index (χ4n) is 1.87. The molecule has 7 nitrogen and oxygen atoms in total. The highest BCUT2D eigenvalue weighted by Crippen LogP contribution is 2.16. The van der Waals surface area contributed by atoms with Crippen LogP contribution in [0.5, 0.6) is 0 Å². The molecule has 0 fully saturated rings. The second-order valence-electron chi connectivity index (χ2n) is 5.47. The maximum absolute atomic E-state index is 12.1. The Bertz CT molecular complexity index is 647. The van der Waals surface area contributed by atoms with E-state index in [1.54, 1.807) is 38.4 Å². The van der Waals surface area contributed by atoms with Crippen LogP contribution in [0, 0.1) is 0 Å². The molecule has 1 rings (SSSR count). The van der Waals surface area contributed by atoms with Crippen LogP contribution in [0.15, 0.2) is 24.3 Å². The van der Waals surface area contributed by atoms with Crippen molar-refractivity contribution in [1.82, 2.24) is 10.2 Å². The molecule has 2 N–H and O–H groups in total. The van der Waals surface area contributed by atoms with Gasteiger partial charge in [-0.05, 0) is 30.8 Å². The highest BCUT2D eigenvalue weighted by atomic mass is 32.1. The van der Waals surface area contributed by atoms with E-state index < -0.39 is 11.9 Å². The minimum absolute atomic E-state index is 0.00977. The predicted octanol–water partition coefficient (Wildman–Crippen LogP) is 1.93. The zero-order valence-corrected chi connectivity index (χ0v) is 15.4. The van der Waals surface area contributed by atoms with E-state index in [4.69, 9.17) is 17.0 Å². The molecule has 0 aliphatic heterocycles. The molecule has 0 radical (unpaired) electrons. The van der Waals surface area contributed by atoms with Crippen molar-refractivity contribution >= 4 is 40.8 Å². The Balaban J connectivity index is 2.56. The van der Waals surface area contributed by atoms with Crippen LogP contribution in [0.25, 0.3) is 0 Å². The molecule has 2 amide bonds. The molecule has 136 valence electrons. The summed E-state index contributed by atoms with van der Waals surface area (Å²) in [4.78, 5) is 36.8. The predicted molar refractivity (Wildman–Crippen MR) is 99.3 cm³/mol. The number of anilines is 1. The molecule has 1 aromatic carbocycles. The first-order valence-corrected chi connectivity index (χ1v) is 8.33. The van der Waals surface area contributed by atoms with Crippen LogP contribution in [-0.4, -0.2) is 48.5 Å². The van der Waals surface area contributed by atoms with E-state index in [1.807, 2.05) is 6.92 Å². The quantitative estimate of drug-likeness (QED) is 0.567. The molecular formula is C17H23N3O4S. The number of para-hydroxylation sites is 1. The third kappa shape index (κ3) is 7.30. The average molecular weight is 365 g/mol. The van der Waals surface area contributed by atoms with Gasteiger partial charge in [-0.15, -0.1) is 0 Å². The Labute approximate surface area is 152 Å². The molecule has 0 bridgehead atoms. The fraction of sp³-hybridized carbons (Fsp3) is 0.412. The van der Waals surface area contributed by atoms with Crippen LogP contribution in [-0.2, 0) is 14.3 Å². The number of esters is 1. The van der Waals surface area contributed by atoms with Crippen molar-refractivity contribution in [2.45, 2.75) is 26.2 Å². The van der Waals surface area contributed by atoms with Crippen LogP contribution in [0.3, 0.4) is 0 Å². The van der Waals surface area contributed by atoms with Crippen LogP contribution in [0.4, 0.5) is 5.69 Å². The monoisotopic (exact) mass is 365 g/mol. The van der Waals surface area contributed by atoms with Crippen LogP contribution in [0.1, 0.15) is 36.5 Å². The van der Waals surface area contributed by atoms with Crippen LogP contribution >= 0.6 is 12.2 Å². The average Bonchev–Trinajstić information content (AvgIpc) is 2.57.